The van der Waals surface area contributed by atoms with E-state index < -0.39 is 0 Å². The van der Waals surface area contributed by atoms with Crippen molar-refractivity contribution >= 4 is 11.7 Å². The summed E-state index contributed by atoms with van der Waals surface area (Å²) in [6.45, 7) is 5.87. The number of rotatable bonds is 6. The van der Waals surface area contributed by atoms with E-state index in [0.717, 1.165) is 34.2 Å². The molecule has 7 heteroatoms. The molecule has 2 amide bonds. The Morgan fingerprint density at radius 3 is 2.63 bits per heavy atom. The molecule has 3 aromatic rings. The number of carbonyl (C=O) groups excluding carboxylic acids is 1. The highest BCUT2D eigenvalue weighted by Crippen LogP contribution is 2.12. The molecule has 1 aromatic carbocycles. The first-order valence-corrected chi connectivity index (χ1v) is 8.94. The number of aromatic nitrogens is 4. The lowest BCUT2D eigenvalue weighted by Gasteiger charge is -2.15. The molecule has 2 heterocycles. The molecule has 0 aliphatic rings. The van der Waals surface area contributed by atoms with E-state index in [1.54, 1.807) is 6.20 Å². The third-order valence-electron chi connectivity index (χ3n) is 4.21. The van der Waals surface area contributed by atoms with Crippen LogP contribution in [0.1, 0.15) is 35.4 Å². The van der Waals surface area contributed by atoms with Gasteiger partial charge in [-0.15, -0.1) is 0 Å². The SMILES string of the molecule is Cc1nc(Cc2ccc(NC(=O)NC(C)Cc3ncccc3C)cc2)n[nH]1. The van der Waals surface area contributed by atoms with Crippen LogP contribution in [0.25, 0.3) is 0 Å². The first-order valence-electron chi connectivity index (χ1n) is 8.94. The van der Waals surface area contributed by atoms with Crippen LogP contribution in [0, 0.1) is 13.8 Å². The maximum Gasteiger partial charge on any atom is 0.319 e. The number of aryl methyl sites for hydroxylation is 2. The summed E-state index contributed by atoms with van der Waals surface area (Å²) < 4.78 is 0. The van der Waals surface area contributed by atoms with Gasteiger partial charge in [0, 0.05) is 36.5 Å². The first kappa shape index (κ1) is 18.6. The monoisotopic (exact) mass is 364 g/mol. The molecule has 140 valence electrons. The zero-order valence-corrected chi connectivity index (χ0v) is 15.8. The summed E-state index contributed by atoms with van der Waals surface area (Å²) in [4.78, 5) is 20.9. The first-order chi connectivity index (χ1) is 13.0. The van der Waals surface area contributed by atoms with Crippen LogP contribution in [-0.4, -0.2) is 32.2 Å². The number of nitrogens with zero attached hydrogens (tertiary/aromatic N) is 3. The number of benzene rings is 1. The molecule has 0 aliphatic carbocycles. The van der Waals surface area contributed by atoms with Crippen molar-refractivity contribution in [3.8, 4) is 0 Å². The predicted molar refractivity (Wildman–Crippen MR) is 105 cm³/mol. The van der Waals surface area contributed by atoms with Crippen molar-refractivity contribution in [1.82, 2.24) is 25.5 Å². The van der Waals surface area contributed by atoms with E-state index in [0.29, 0.717) is 12.8 Å². The number of aromatic amines is 1. The quantitative estimate of drug-likeness (QED) is 0.626. The standard InChI is InChI=1S/C20H24N6O/c1-13-5-4-10-21-18(13)11-14(2)22-20(27)24-17-8-6-16(7-9-17)12-19-23-15(3)25-26-19/h4-10,14H,11-12H2,1-3H3,(H2,22,24,27)(H,23,25,26). The molecule has 7 nitrogen and oxygen atoms in total. The Morgan fingerprint density at radius 1 is 1.19 bits per heavy atom. The van der Waals surface area contributed by atoms with Gasteiger partial charge in [-0.3, -0.25) is 10.1 Å². The topological polar surface area (TPSA) is 95.6 Å². The van der Waals surface area contributed by atoms with Crippen LogP contribution in [0.2, 0.25) is 0 Å². The minimum Gasteiger partial charge on any atom is -0.335 e. The lowest BCUT2D eigenvalue weighted by molar-refractivity contribution is 0.249. The highest BCUT2D eigenvalue weighted by Gasteiger charge is 2.10. The molecular formula is C20H24N6O. The Kier molecular flexibility index (Phi) is 5.80. The summed E-state index contributed by atoms with van der Waals surface area (Å²) in [6.07, 6.45) is 3.11. The Labute approximate surface area is 158 Å². The van der Waals surface area contributed by atoms with Crippen molar-refractivity contribution in [3.63, 3.8) is 0 Å². The van der Waals surface area contributed by atoms with Crippen LogP contribution in [0.5, 0.6) is 0 Å². The Hall–Kier alpha value is -3.22. The van der Waals surface area contributed by atoms with E-state index in [1.807, 2.05) is 57.2 Å². The van der Waals surface area contributed by atoms with Gasteiger partial charge in [0.05, 0.1) is 0 Å². The summed E-state index contributed by atoms with van der Waals surface area (Å²) in [5.41, 5.74) is 3.95. The van der Waals surface area contributed by atoms with Crippen LogP contribution >= 0.6 is 0 Å². The number of urea groups is 1. The number of anilines is 1. The minimum atomic E-state index is -0.228. The van der Waals surface area contributed by atoms with Gasteiger partial charge in [-0.2, -0.15) is 5.10 Å². The fourth-order valence-electron chi connectivity index (χ4n) is 2.82. The molecule has 0 bridgehead atoms. The lowest BCUT2D eigenvalue weighted by atomic mass is 10.1. The van der Waals surface area contributed by atoms with Crippen LogP contribution in [0.4, 0.5) is 10.5 Å². The Morgan fingerprint density at radius 2 is 1.96 bits per heavy atom. The predicted octanol–water partition coefficient (Wildman–Crippen LogP) is 3.16. The van der Waals surface area contributed by atoms with Crippen molar-refractivity contribution in [2.45, 2.75) is 39.7 Å². The van der Waals surface area contributed by atoms with Gasteiger partial charge in [-0.1, -0.05) is 18.2 Å². The molecule has 1 atom stereocenters. The number of hydrogen-bond acceptors (Lipinski definition) is 4. The van der Waals surface area contributed by atoms with Crippen molar-refractivity contribution in [1.29, 1.82) is 0 Å². The number of pyridine rings is 1. The smallest absolute Gasteiger partial charge is 0.319 e. The fraction of sp³-hybridized carbons (Fsp3) is 0.300. The van der Waals surface area contributed by atoms with E-state index in [1.165, 1.54) is 0 Å². The van der Waals surface area contributed by atoms with E-state index >= 15 is 0 Å². The van der Waals surface area contributed by atoms with E-state index in [-0.39, 0.29) is 12.1 Å². The minimum absolute atomic E-state index is 0.0214. The zero-order chi connectivity index (χ0) is 19.2. The van der Waals surface area contributed by atoms with Gasteiger partial charge >= 0.3 is 6.03 Å². The molecular weight excluding hydrogens is 340 g/mol. The molecule has 27 heavy (non-hydrogen) atoms. The molecule has 1 unspecified atom stereocenters. The van der Waals surface area contributed by atoms with Gasteiger partial charge in [0.1, 0.15) is 5.82 Å². The molecule has 0 fully saturated rings. The molecule has 0 saturated heterocycles. The second-order valence-electron chi connectivity index (χ2n) is 6.68. The summed E-state index contributed by atoms with van der Waals surface area (Å²) in [5.74, 6) is 1.56. The summed E-state index contributed by atoms with van der Waals surface area (Å²) in [6, 6.07) is 11.4. The van der Waals surface area contributed by atoms with Gasteiger partial charge in [0.2, 0.25) is 0 Å². The summed E-state index contributed by atoms with van der Waals surface area (Å²) in [7, 11) is 0. The second-order valence-corrected chi connectivity index (χ2v) is 6.68. The van der Waals surface area contributed by atoms with Crippen LogP contribution in [0.15, 0.2) is 42.6 Å². The average Bonchev–Trinajstić information content (AvgIpc) is 3.03. The average molecular weight is 364 g/mol. The fourth-order valence-corrected chi connectivity index (χ4v) is 2.82. The molecule has 3 rings (SSSR count). The van der Waals surface area contributed by atoms with Crippen LogP contribution in [0.3, 0.4) is 0 Å². The highest BCUT2D eigenvalue weighted by molar-refractivity contribution is 5.89. The van der Waals surface area contributed by atoms with Gasteiger partial charge < -0.3 is 10.6 Å². The van der Waals surface area contributed by atoms with Crippen molar-refractivity contribution in [2.24, 2.45) is 0 Å². The normalized spacial score (nSPS) is 11.8. The largest absolute Gasteiger partial charge is 0.335 e. The third kappa shape index (κ3) is 5.37. The van der Waals surface area contributed by atoms with Crippen LogP contribution < -0.4 is 10.6 Å². The summed E-state index contributed by atoms with van der Waals surface area (Å²) >= 11 is 0. The van der Waals surface area contributed by atoms with Crippen molar-refractivity contribution < 1.29 is 4.79 Å². The van der Waals surface area contributed by atoms with Crippen molar-refractivity contribution in [3.05, 3.63) is 71.1 Å². The number of H-pyrrole nitrogens is 1. The van der Waals surface area contributed by atoms with Gasteiger partial charge in [0.15, 0.2) is 5.82 Å². The van der Waals surface area contributed by atoms with Crippen LogP contribution in [-0.2, 0) is 12.8 Å². The highest BCUT2D eigenvalue weighted by atomic mass is 16.2. The zero-order valence-electron chi connectivity index (χ0n) is 15.8. The molecule has 0 radical (unpaired) electrons. The number of carbonyl (C=O) groups is 1. The number of amides is 2. The number of hydrogen-bond donors (Lipinski definition) is 3. The third-order valence-corrected chi connectivity index (χ3v) is 4.21. The van der Waals surface area contributed by atoms with Gasteiger partial charge in [0.25, 0.3) is 0 Å². The Balaban J connectivity index is 1.50. The molecule has 3 N–H and O–H groups in total. The van der Waals surface area contributed by atoms with Crippen molar-refractivity contribution in [2.75, 3.05) is 5.32 Å². The maximum absolute atomic E-state index is 12.2. The molecule has 2 aromatic heterocycles. The molecule has 0 saturated carbocycles. The van der Waals surface area contributed by atoms with E-state index in [9.17, 15) is 4.79 Å². The summed E-state index contributed by atoms with van der Waals surface area (Å²) in [5, 5.41) is 12.8. The second kappa shape index (κ2) is 8.44. The lowest BCUT2D eigenvalue weighted by Crippen LogP contribution is -2.37. The Bertz CT molecular complexity index is 903. The van der Waals surface area contributed by atoms with E-state index in [2.05, 4.69) is 30.8 Å². The van der Waals surface area contributed by atoms with Gasteiger partial charge in [-0.05, 0) is 50.1 Å². The molecule has 0 spiro atoms. The van der Waals surface area contributed by atoms with Gasteiger partial charge in [-0.25, -0.2) is 9.78 Å². The molecule has 0 aliphatic heterocycles. The maximum atomic E-state index is 12.2. The van der Waals surface area contributed by atoms with E-state index in [4.69, 9.17) is 0 Å². The number of nitrogens with one attached hydrogen (secondary N) is 3.